The van der Waals surface area contributed by atoms with E-state index in [0.717, 1.165) is 35.9 Å². The van der Waals surface area contributed by atoms with Crippen LogP contribution in [-0.4, -0.2) is 42.6 Å². The Morgan fingerprint density at radius 1 is 1.32 bits per heavy atom. The highest BCUT2D eigenvalue weighted by atomic mass is 127. The van der Waals surface area contributed by atoms with Crippen LogP contribution in [-0.2, 0) is 6.54 Å². The second-order valence-corrected chi connectivity index (χ2v) is 5.35. The minimum atomic E-state index is 0. The number of hydrogen-bond donors (Lipinski definition) is 1. The minimum Gasteiger partial charge on any atom is -0.497 e. The second kappa shape index (κ2) is 8.52. The van der Waals surface area contributed by atoms with Crippen molar-refractivity contribution in [2.45, 2.75) is 6.54 Å². The molecule has 106 valence electrons. The number of rotatable bonds is 3. The Labute approximate surface area is 135 Å². The topological polar surface area (TPSA) is 50.9 Å². The summed E-state index contributed by atoms with van der Waals surface area (Å²) in [6.07, 6.45) is 0. The summed E-state index contributed by atoms with van der Waals surface area (Å²) in [5.41, 5.74) is 7.14. The molecule has 1 aromatic carbocycles. The first-order valence-electron chi connectivity index (χ1n) is 6.05. The molecule has 1 aliphatic heterocycles. The van der Waals surface area contributed by atoms with Gasteiger partial charge >= 0.3 is 0 Å². The number of nitrogens with zero attached hydrogens (tertiary/aromatic N) is 2. The molecule has 0 radical (unpaired) electrons. The lowest BCUT2D eigenvalue weighted by molar-refractivity contribution is 0.414. The summed E-state index contributed by atoms with van der Waals surface area (Å²) in [7, 11) is 1.67. The number of benzene rings is 1. The number of nitrogens with two attached hydrogens (primary N) is 1. The normalized spacial score (nSPS) is 15.8. The molecule has 19 heavy (non-hydrogen) atoms. The molecule has 1 heterocycles. The molecule has 0 aromatic heterocycles. The third-order valence-electron chi connectivity index (χ3n) is 2.92. The largest absolute Gasteiger partial charge is 0.497 e. The lowest BCUT2D eigenvalue weighted by Gasteiger charge is -2.27. The zero-order chi connectivity index (χ0) is 12.8. The quantitative estimate of drug-likeness (QED) is 0.486. The van der Waals surface area contributed by atoms with Gasteiger partial charge < -0.3 is 15.4 Å². The van der Waals surface area contributed by atoms with E-state index in [1.165, 1.54) is 0 Å². The van der Waals surface area contributed by atoms with Crippen molar-refractivity contribution in [3.63, 3.8) is 0 Å². The molecule has 1 aromatic rings. The van der Waals surface area contributed by atoms with Gasteiger partial charge in [-0.3, -0.25) is 0 Å². The van der Waals surface area contributed by atoms with Crippen molar-refractivity contribution >= 4 is 41.7 Å². The van der Waals surface area contributed by atoms with Crippen molar-refractivity contribution in [3.05, 3.63) is 29.8 Å². The van der Waals surface area contributed by atoms with Crippen molar-refractivity contribution in [3.8, 4) is 5.75 Å². The van der Waals surface area contributed by atoms with E-state index in [1.54, 1.807) is 7.11 Å². The molecular weight excluding hydrogens is 373 g/mol. The van der Waals surface area contributed by atoms with Crippen molar-refractivity contribution in [1.82, 2.24) is 4.90 Å². The average Bonchev–Trinajstić information content (AvgIpc) is 2.46. The third kappa shape index (κ3) is 5.10. The van der Waals surface area contributed by atoms with Gasteiger partial charge in [-0.2, -0.15) is 11.8 Å². The molecule has 1 saturated heterocycles. The van der Waals surface area contributed by atoms with Gasteiger partial charge in [0.1, 0.15) is 5.75 Å². The van der Waals surface area contributed by atoms with E-state index < -0.39 is 0 Å². The maximum Gasteiger partial charge on any atom is 0.191 e. The van der Waals surface area contributed by atoms with Crippen LogP contribution in [0.4, 0.5) is 0 Å². The molecule has 1 fully saturated rings. The van der Waals surface area contributed by atoms with Crippen LogP contribution in [0, 0.1) is 0 Å². The number of aliphatic imine (C=N–C) groups is 1. The number of methoxy groups -OCH3 is 1. The van der Waals surface area contributed by atoms with Gasteiger partial charge in [0.2, 0.25) is 0 Å². The number of hydrogen-bond acceptors (Lipinski definition) is 3. The SMILES string of the molecule is COc1ccc(CN=C(N)N2CCSCC2)cc1.I. The maximum atomic E-state index is 5.99. The molecule has 1 aliphatic rings. The van der Waals surface area contributed by atoms with Gasteiger partial charge in [-0.25, -0.2) is 4.99 Å². The van der Waals surface area contributed by atoms with Gasteiger partial charge in [-0.1, -0.05) is 12.1 Å². The van der Waals surface area contributed by atoms with Crippen LogP contribution in [0.15, 0.2) is 29.3 Å². The van der Waals surface area contributed by atoms with E-state index in [-0.39, 0.29) is 24.0 Å². The van der Waals surface area contributed by atoms with Crippen LogP contribution in [0.2, 0.25) is 0 Å². The summed E-state index contributed by atoms with van der Waals surface area (Å²) in [6, 6.07) is 7.92. The fraction of sp³-hybridized carbons (Fsp3) is 0.462. The molecule has 0 bridgehead atoms. The second-order valence-electron chi connectivity index (χ2n) is 4.12. The Morgan fingerprint density at radius 3 is 2.53 bits per heavy atom. The molecule has 2 rings (SSSR count). The van der Waals surface area contributed by atoms with E-state index in [4.69, 9.17) is 10.5 Å². The Morgan fingerprint density at radius 2 is 1.95 bits per heavy atom. The third-order valence-corrected chi connectivity index (χ3v) is 3.86. The predicted octanol–water partition coefficient (Wildman–Crippen LogP) is 2.18. The lowest BCUT2D eigenvalue weighted by atomic mass is 10.2. The average molecular weight is 393 g/mol. The Hall–Kier alpha value is -0.630. The zero-order valence-electron chi connectivity index (χ0n) is 11.0. The predicted molar refractivity (Wildman–Crippen MR) is 92.6 cm³/mol. The number of ether oxygens (including phenoxy) is 1. The van der Waals surface area contributed by atoms with Crippen LogP contribution in [0.25, 0.3) is 0 Å². The number of guanidine groups is 1. The summed E-state index contributed by atoms with van der Waals surface area (Å²) in [4.78, 5) is 6.60. The van der Waals surface area contributed by atoms with Gasteiger partial charge in [-0.05, 0) is 17.7 Å². The van der Waals surface area contributed by atoms with Gasteiger partial charge in [0.25, 0.3) is 0 Å². The highest BCUT2D eigenvalue weighted by Crippen LogP contribution is 2.12. The van der Waals surface area contributed by atoms with E-state index in [9.17, 15) is 0 Å². The summed E-state index contributed by atoms with van der Waals surface area (Å²) in [5.74, 6) is 3.80. The first kappa shape index (κ1) is 16.4. The molecule has 0 atom stereocenters. The molecule has 6 heteroatoms. The first-order valence-corrected chi connectivity index (χ1v) is 7.20. The summed E-state index contributed by atoms with van der Waals surface area (Å²) < 4.78 is 5.12. The van der Waals surface area contributed by atoms with E-state index in [1.807, 2.05) is 36.0 Å². The maximum absolute atomic E-state index is 5.99. The fourth-order valence-electron chi connectivity index (χ4n) is 1.80. The van der Waals surface area contributed by atoms with Crippen molar-refractivity contribution in [2.24, 2.45) is 10.7 Å². The Kier molecular flexibility index (Phi) is 7.37. The van der Waals surface area contributed by atoms with E-state index >= 15 is 0 Å². The van der Waals surface area contributed by atoms with Crippen LogP contribution >= 0.6 is 35.7 Å². The molecule has 0 amide bonds. The van der Waals surface area contributed by atoms with Crippen molar-refractivity contribution in [1.29, 1.82) is 0 Å². The van der Waals surface area contributed by atoms with Crippen LogP contribution in [0.1, 0.15) is 5.56 Å². The van der Waals surface area contributed by atoms with Crippen LogP contribution in [0.3, 0.4) is 0 Å². The van der Waals surface area contributed by atoms with Gasteiger partial charge in [0.05, 0.1) is 13.7 Å². The van der Waals surface area contributed by atoms with Gasteiger partial charge in [0, 0.05) is 24.6 Å². The number of thioether (sulfide) groups is 1. The summed E-state index contributed by atoms with van der Waals surface area (Å²) >= 11 is 1.97. The van der Waals surface area contributed by atoms with Crippen LogP contribution in [0.5, 0.6) is 5.75 Å². The summed E-state index contributed by atoms with van der Waals surface area (Å²) in [5, 5.41) is 0. The minimum absolute atomic E-state index is 0. The monoisotopic (exact) mass is 393 g/mol. The first-order chi connectivity index (χ1) is 8.79. The standard InChI is InChI=1S/C13H19N3OS.HI/c1-17-12-4-2-11(3-5-12)10-15-13(14)16-6-8-18-9-7-16;/h2-5H,6-10H2,1H3,(H2,14,15);1H. The molecule has 0 saturated carbocycles. The molecule has 0 unspecified atom stereocenters. The summed E-state index contributed by atoms with van der Waals surface area (Å²) in [6.45, 7) is 2.63. The zero-order valence-corrected chi connectivity index (χ0v) is 14.2. The van der Waals surface area contributed by atoms with E-state index in [0.29, 0.717) is 12.5 Å². The highest BCUT2D eigenvalue weighted by Gasteiger charge is 2.11. The van der Waals surface area contributed by atoms with Crippen molar-refractivity contribution in [2.75, 3.05) is 31.7 Å². The molecule has 2 N–H and O–H groups in total. The van der Waals surface area contributed by atoms with Gasteiger partial charge in [0.15, 0.2) is 5.96 Å². The fourth-order valence-corrected chi connectivity index (χ4v) is 2.70. The highest BCUT2D eigenvalue weighted by molar-refractivity contribution is 14.0. The smallest absolute Gasteiger partial charge is 0.191 e. The number of halogens is 1. The Balaban J connectivity index is 0.00000180. The van der Waals surface area contributed by atoms with Crippen LogP contribution < -0.4 is 10.5 Å². The lowest BCUT2D eigenvalue weighted by Crippen LogP contribution is -2.42. The Bertz CT molecular complexity index is 405. The molecule has 0 aliphatic carbocycles. The van der Waals surface area contributed by atoms with Crippen molar-refractivity contribution < 1.29 is 4.74 Å². The van der Waals surface area contributed by atoms with E-state index in [2.05, 4.69) is 9.89 Å². The molecule has 4 nitrogen and oxygen atoms in total. The van der Waals surface area contributed by atoms with Gasteiger partial charge in [-0.15, -0.1) is 24.0 Å². The molecular formula is C13H20IN3OS. The molecule has 0 spiro atoms.